The molecule has 0 atom stereocenters. The van der Waals surface area contributed by atoms with E-state index in [2.05, 4.69) is 0 Å². The van der Waals surface area contributed by atoms with Crippen LogP contribution in [0.2, 0.25) is 0 Å². The van der Waals surface area contributed by atoms with Gasteiger partial charge in [-0.3, -0.25) is 4.68 Å². The third-order valence-corrected chi connectivity index (χ3v) is 9.79. The number of anilines is 1. The Labute approximate surface area is 243 Å². The molecule has 0 saturated carbocycles. The lowest BCUT2D eigenvalue weighted by atomic mass is 9.78. The molecular formula is C28H33BF3N3O6S. The fraction of sp³-hybridized carbons (Fsp3) is 0.464. The van der Waals surface area contributed by atoms with Gasteiger partial charge in [-0.1, -0.05) is 6.07 Å². The van der Waals surface area contributed by atoms with Crippen molar-refractivity contribution in [2.75, 3.05) is 31.4 Å². The summed E-state index contributed by atoms with van der Waals surface area (Å²) in [4.78, 5) is -0.953. The molecule has 1 aromatic heterocycles. The zero-order chi connectivity index (χ0) is 30.4. The molecule has 2 aliphatic heterocycles. The van der Waals surface area contributed by atoms with Gasteiger partial charge in [-0.05, 0) is 70.9 Å². The Morgan fingerprint density at radius 1 is 1.07 bits per heavy atom. The number of methoxy groups -OCH3 is 1. The first-order chi connectivity index (χ1) is 19.8. The van der Waals surface area contributed by atoms with Gasteiger partial charge in [0.2, 0.25) is 0 Å². The largest absolute Gasteiger partial charge is 0.498 e. The van der Waals surface area contributed by atoms with E-state index in [4.69, 9.17) is 23.9 Å². The van der Waals surface area contributed by atoms with Gasteiger partial charge in [0.25, 0.3) is 10.0 Å². The van der Waals surface area contributed by atoms with Crippen molar-refractivity contribution >= 4 is 28.3 Å². The van der Waals surface area contributed by atoms with Gasteiger partial charge in [0, 0.05) is 37.5 Å². The lowest BCUT2D eigenvalue weighted by molar-refractivity contribution is 0.00578. The molecule has 3 heterocycles. The molecule has 42 heavy (non-hydrogen) atoms. The summed E-state index contributed by atoms with van der Waals surface area (Å²) in [6.45, 7) is 8.03. The van der Waals surface area contributed by atoms with E-state index in [0.29, 0.717) is 48.0 Å². The quantitative estimate of drug-likeness (QED) is 0.277. The van der Waals surface area contributed by atoms with Gasteiger partial charge in [-0.15, -0.1) is 0 Å². The molecule has 0 amide bonds. The van der Waals surface area contributed by atoms with Crippen molar-refractivity contribution in [3.05, 3.63) is 60.0 Å². The minimum absolute atomic E-state index is 0.0127. The molecule has 0 N–H and O–H groups in total. The van der Waals surface area contributed by atoms with Gasteiger partial charge in [-0.2, -0.15) is 5.10 Å². The van der Waals surface area contributed by atoms with E-state index < -0.39 is 63.1 Å². The van der Waals surface area contributed by atoms with Crippen molar-refractivity contribution in [2.24, 2.45) is 0 Å². The van der Waals surface area contributed by atoms with Gasteiger partial charge in [-0.25, -0.2) is 25.9 Å². The molecule has 0 bridgehead atoms. The topological polar surface area (TPSA) is 92.1 Å². The molecule has 2 fully saturated rings. The number of aromatic nitrogens is 2. The number of benzene rings is 2. The summed E-state index contributed by atoms with van der Waals surface area (Å²) in [7, 11) is -4.48. The van der Waals surface area contributed by atoms with Crippen LogP contribution >= 0.6 is 0 Å². The first-order valence-corrected chi connectivity index (χ1v) is 15.0. The number of nitrogens with zero attached hydrogens (tertiary/aromatic N) is 3. The zero-order valence-corrected chi connectivity index (χ0v) is 24.9. The van der Waals surface area contributed by atoms with Crippen LogP contribution in [0.15, 0.2) is 47.5 Å². The first kappa shape index (κ1) is 30.5. The maximum Gasteiger partial charge on any atom is 0.498 e. The lowest BCUT2D eigenvalue weighted by Crippen LogP contribution is -2.41. The molecule has 0 radical (unpaired) electrons. The maximum atomic E-state index is 16.5. The van der Waals surface area contributed by atoms with Crippen LogP contribution in [0, 0.1) is 17.5 Å². The summed E-state index contributed by atoms with van der Waals surface area (Å²) in [6, 6.07) is 6.15. The highest BCUT2D eigenvalue weighted by molar-refractivity contribution is 7.92. The van der Waals surface area contributed by atoms with Gasteiger partial charge < -0.3 is 18.8 Å². The summed E-state index contributed by atoms with van der Waals surface area (Å²) >= 11 is 0. The Hall–Kier alpha value is -2.91. The standard InChI is InChI=1S/C28H33BF3N3O6S/c1-27(2)28(3,4)41-29(40-27)21-16-34(19-11-13-39-14-12-19)33-26(21)20-7-6-8-23(25(20)32)35(17-38-5)42(36,37)24-15-18(30)9-10-22(24)31/h6-10,15-16,19H,11-14,17H2,1-5H3. The summed E-state index contributed by atoms with van der Waals surface area (Å²) in [5.41, 5.74) is -1.17. The van der Waals surface area contributed by atoms with Crippen LogP contribution < -0.4 is 9.77 Å². The Balaban J connectivity index is 1.64. The fourth-order valence-corrected chi connectivity index (χ4v) is 6.43. The summed E-state index contributed by atoms with van der Waals surface area (Å²) in [5.74, 6) is -3.11. The van der Waals surface area contributed by atoms with E-state index in [9.17, 15) is 17.2 Å². The van der Waals surface area contributed by atoms with Crippen molar-refractivity contribution in [2.45, 2.75) is 62.7 Å². The predicted octanol–water partition coefficient (Wildman–Crippen LogP) is 4.42. The molecule has 2 aromatic carbocycles. The number of hydrogen-bond donors (Lipinski definition) is 0. The van der Waals surface area contributed by atoms with Crippen LogP contribution in [-0.2, 0) is 28.8 Å². The number of rotatable bonds is 8. The highest BCUT2D eigenvalue weighted by Crippen LogP contribution is 2.39. The van der Waals surface area contributed by atoms with Gasteiger partial charge in [0.05, 0.1) is 28.6 Å². The second kappa shape index (κ2) is 11.3. The average Bonchev–Trinajstić information content (AvgIpc) is 3.47. The molecule has 14 heteroatoms. The van der Waals surface area contributed by atoms with Crippen molar-refractivity contribution in [3.8, 4) is 11.3 Å². The summed E-state index contributed by atoms with van der Waals surface area (Å²) < 4.78 is 97.5. The zero-order valence-electron chi connectivity index (χ0n) is 24.1. The van der Waals surface area contributed by atoms with Crippen LogP contribution in [-0.4, -0.2) is 63.6 Å². The molecular weight excluding hydrogens is 574 g/mol. The van der Waals surface area contributed by atoms with Crippen molar-refractivity contribution in [1.29, 1.82) is 0 Å². The molecule has 3 aromatic rings. The number of sulfonamides is 1. The third kappa shape index (κ3) is 5.46. The van der Waals surface area contributed by atoms with Crippen LogP contribution in [0.4, 0.5) is 18.9 Å². The van der Waals surface area contributed by atoms with E-state index in [-0.39, 0.29) is 17.3 Å². The highest BCUT2D eigenvalue weighted by Gasteiger charge is 2.53. The first-order valence-electron chi connectivity index (χ1n) is 13.5. The lowest BCUT2D eigenvalue weighted by Gasteiger charge is -2.32. The van der Waals surface area contributed by atoms with Gasteiger partial charge in [0.1, 0.15) is 23.3 Å². The fourth-order valence-electron chi connectivity index (χ4n) is 4.97. The van der Waals surface area contributed by atoms with E-state index in [0.717, 1.165) is 6.07 Å². The molecule has 2 aliphatic rings. The second-order valence-corrected chi connectivity index (χ2v) is 13.2. The molecule has 9 nitrogen and oxygen atoms in total. The average molecular weight is 607 g/mol. The van der Waals surface area contributed by atoms with Gasteiger partial charge in [0.15, 0.2) is 5.82 Å². The van der Waals surface area contributed by atoms with Gasteiger partial charge >= 0.3 is 7.12 Å². The number of ether oxygens (including phenoxy) is 2. The Kier molecular flexibility index (Phi) is 8.22. The van der Waals surface area contributed by atoms with E-state index in [1.54, 1.807) is 10.9 Å². The summed E-state index contributed by atoms with van der Waals surface area (Å²) in [5, 5.41) is 4.75. The SMILES string of the molecule is COCN(c1cccc(-c2nn(C3CCOCC3)cc2B2OC(C)(C)C(C)(C)O2)c1F)S(=O)(=O)c1cc(F)ccc1F. The molecule has 0 unspecified atom stereocenters. The van der Waals surface area contributed by atoms with Crippen molar-refractivity contribution in [1.82, 2.24) is 9.78 Å². The van der Waals surface area contributed by atoms with Crippen LogP contribution in [0.3, 0.4) is 0 Å². The second-order valence-electron chi connectivity index (χ2n) is 11.3. The molecule has 226 valence electrons. The summed E-state index contributed by atoms with van der Waals surface area (Å²) in [6.07, 6.45) is 3.17. The normalized spacial score (nSPS) is 18.9. The highest BCUT2D eigenvalue weighted by atomic mass is 32.2. The Bertz CT molecular complexity index is 1560. The Morgan fingerprint density at radius 3 is 2.38 bits per heavy atom. The Morgan fingerprint density at radius 2 is 1.74 bits per heavy atom. The molecule has 2 saturated heterocycles. The van der Waals surface area contributed by atoms with Crippen LogP contribution in [0.1, 0.15) is 46.6 Å². The third-order valence-electron chi connectivity index (χ3n) is 8.04. The predicted molar refractivity (Wildman–Crippen MR) is 150 cm³/mol. The maximum absolute atomic E-state index is 16.5. The van der Waals surface area contributed by atoms with Crippen molar-refractivity contribution < 1.29 is 40.4 Å². The minimum atomic E-state index is -4.79. The van der Waals surface area contributed by atoms with E-state index in [1.807, 2.05) is 27.7 Å². The number of halogens is 3. The minimum Gasteiger partial charge on any atom is -0.399 e. The van der Waals surface area contributed by atoms with E-state index in [1.165, 1.54) is 25.3 Å². The van der Waals surface area contributed by atoms with E-state index >= 15 is 4.39 Å². The van der Waals surface area contributed by atoms with Crippen LogP contribution in [0.25, 0.3) is 11.3 Å². The smallest absolute Gasteiger partial charge is 0.399 e. The number of hydrogen-bond acceptors (Lipinski definition) is 7. The molecule has 0 aliphatic carbocycles. The molecule has 5 rings (SSSR count). The molecule has 0 spiro atoms. The monoisotopic (exact) mass is 607 g/mol. The van der Waals surface area contributed by atoms with Crippen molar-refractivity contribution in [3.63, 3.8) is 0 Å². The van der Waals surface area contributed by atoms with Crippen LogP contribution in [0.5, 0.6) is 0 Å².